The van der Waals surface area contributed by atoms with Crippen LogP contribution in [0.5, 0.6) is 51.7 Å². The van der Waals surface area contributed by atoms with Crippen LogP contribution in [0, 0.1) is 0 Å². The van der Waals surface area contributed by atoms with Gasteiger partial charge in [0.05, 0.1) is 5.56 Å². The van der Waals surface area contributed by atoms with Crippen molar-refractivity contribution < 1.29 is 55.1 Å². The summed E-state index contributed by atoms with van der Waals surface area (Å²) < 4.78 is 12.5. The summed E-state index contributed by atoms with van der Waals surface area (Å²) in [7, 11) is 0. The summed E-state index contributed by atoms with van der Waals surface area (Å²) in [6, 6.07) is 4.24. The van der Waals surface area contributed by atoms with Crippen molar-refractivity contribution in [3.8, 4) is 51.7 Å². The first-order valence-electron chi connectivity index (χ1n) is 26.6. The maximum atomic E-state index is 13.6. The van der Waals surface area contributed by atoms with Crippen molar-refractivity contribution >= 4 is 29.5 Å². The minimum atomic E-state index is -1.22. The number of thioether (sulfide) groups is 2. The molecule has 0 fully saturated rings. The number of hydrogen-bond acceptors (Lipinski definition) is 13. The predicted molar refractivity (Wildman–Crippen MR) is 282 cm³/mol. The highest BCUT2D eigenvalue weighted by atomic mass is 32.2. The smallest absolute Gasteiger partial charge is 0.338 e. The summed E-state index contributed by atoms with van der Waals surface area (Å²) in [5.41, 5.74) is 1.04. The minimum Gasteiger partial charge on any atom is -0.507 e. The van der Waals surface area contributed by atoms with Crippen LogP contribution in [-0.4, -0.2) is 64.4 Å². The second-order valence-electron chi connectivity index (χ2n) is 19.2. The molecule has 4 rings (SSSR count). The lowest BCUT2D eigenvalue weighted by Crippen LogP contribution is -2.35. The van der Waals surface area contributed by atoms with Gasteiger partial charge in [0.25, 0.3) is 0 Å². The van der Waals surface area contributed by atoms with Gasteiger partial charge in [0.1, 0.15) is 23.4 Å². The van der Waals surface area contributed by atoms with Gasteiger partial charge in [-0.1, -0.05) is 181 Å². The van der Waals surface area contributed by atoms with Gasteiger partial charge in [-0.25, -0.2) is 4.79 Å². The molecule has 0 aliphatic carbocycles. The molecule has 2 atom stereocenters. The molecule has 0 bridgehead atoms. The molecule has 1 aliphatic heterocycles. The van der Waals surface area contributed by atoms with E-state index in [1.165, 1.54) is 166 Å². The van der Waals surface area contributed by atoms with Crippen molar-refractivity contribution in [3.05, 3.63) is 52.1 Å². The summed E-state index contributed by atoms with van der Waals surface area (Å²) >= 11 is 3.31. The number of hydrogen-bond donors (Lipinski definition) is 8. The second kappa shape index (κ2) is 32.8. The van der Waals surface area contributed by atoms with Gasteiger partial charge in [-0.05, 0) is 48.6 Å². The molecule has 0 saturated heterocycles. The fraction of sp³-hybridized carbons (Fsp3) is 0.661. The van der Waals surface area contributed by atoms with E-state index in [-0.39, 0.29) is 34.8 Å². The molecular weight excluding hydrogens is 913 g/mol. The molecule has 8 N–H and O–H groups in total. The molecule has 1 aliphatic rings. The fourth-order valence-electron chi connectivity index (χ4n) is 9.24. The number of phenolic OH excluding ortho intramolecular Hbond substituents is 8. The van der Waals surface area contributed by atoms with Gasteiger partial charge in [0, 0.05) is 40.2 Å². The number of ether oxygens (including phenoxy) is 2. The predicted octanol–water partition coefficient (Wildman–Crippen LogP) is 15.7. The summed E-state index contributed by atoms with van der Waals surface area (Å²) in [5, 5.41) is 85.3. The molecule has 388 valence electrons. The molecule has 0 unspecified atom stereocenters. The Balaban J connectivity index is 1.42. The Labute approximate surface area is 421 Å². The summed E-state index contributed by atoms with van der Waals surface area (Å²) in [6.45, 7) is 4.51. The largest absolute Gasteiger partial charge is 0.507 e. The van der Waals surface area contributed by atoms with Crippen molar-refractivity contribution in [2.45, 2.75) is 224 Å². The normalized spacial score (nSPS) is 14.5. The number of carbonyl (C=O) groups excluding carboxylic acids is 1. The lowest BCUT2D eigenvalue weighted by atomic mass is 9.90. The Bertz CT molecular complexity index is 1910. The zero-order chi connectivity index (χ0) is 49.8. The Morgan fingerprint density at radius 1 is 0.493 bits per heavy atom. The zero-order valence-electron chi connectivity index (χ0n) is 41.9. The van der Waals surface area contributed by atoms with E-state index in [1.54, 1.807) is 23.5 Å². The van der Waals surface area contributed by atoms with E-state index < -0.39 is 52.7 Å². The van der Waals surface area contributed by atoms with Crippen LogP contribution >= 0.6 is 23.5 Å². The maximum Gasteiger partial charge on any atom is 0.338 e. The van der Waals surface area contributed by atoms with Crippen LogP contribution in [0.25, 0.3) is 0 Å². The fourth-order valence-corrected chi connectivity index (χ4v) is 11.3. The SMILES string of the molecule is CCCCCCCCCCCCCCCCSCc1c(O)c(CSCCCCCCCCCCCCCCCC)c2c(c1O)C[C@@H](OC(=O)c1cc(O)c(O)c(O)c1)[C@@H](c1cc(O)c(O)c(O)c1)O2. The number of rotatable bonds is 37. The molecule has 0 saturated carbocycles. The first-order chi connectivity index (χ1) is 33.5. The second-order valence-corrected chi connectivity index (χ2v) is 21.4. The van der Waals surface area contributed by atoms with E-state index in [1.807, 2.05) is 0 Å². The average molecular weight is 999 g/mol. The van der Waals surface area contributed by atoms with Crippen LogP contribution in [0.4, 0.5) is 0 Å². The molecule has 0 spiro atoms. The van der Waals surface area contributed by atoms with Gasteiger partial charge in [0.15, 0.2) is 40.6 Å². The van der Waals surface area contributed by atoms with E-state index in [4.69, 9.17) is 9.47 Å². The molecule has 1 heterocycles. The van der Waals surface area contributed by atoms with E-state index in [9.17, 15) is 45.6 Å². The Hall–Kier alpha value is -3.97. The van der Waals surface area contributed by atoms with Crippen LogP contribution in [0.3, 0.4) is 0 Å². The molecule has 69 heavy (non-hydrogen) atoms. The number of esters is 1. The molecule has 0 aromatic heterocycles. The van der Waals surface area contributed by atoms with E-state index in [0.717, 1.165) is 49.3 Å². The number of unbranched alkanes of at least 4 members (excludes halogenated alkanes) is 26. The van der Waals surface area contributed by atoms with Crippen LogP contribution in [0.2, 0.25) is 0 Å². The van der Waals surface area contributed by atoms with Gasteiger partial charge in [-0.3, -0.25) is 0 Å². The summed E-state index contributed by atoms with van der Waals surface area (Å²) in [6.07, 6.45) is 33.2. The van der Waals surface area contributed by atoms with Gasteiger partial charge in [0.2, 0.25) is 0 Å². The molecule has 13 heteroatoms. The van der Waals surface area contributed by atoms with Crippen LogP contribution < -0.4 is 4.74 Å². The lowest BCUT2D eigenvalue weighted by Gasteiger charge is -2.36. The van der Waals surface area contributed by atoms with Gasteiger partial charge >= 0.3 is 5.97 Å². The lowest BCUT2D eigenvalue weighted by molar-refractivity contribution is -0.0192. The Morgan fingerprint density at radius 2 is 0.855 bits per heavy atom. The van der Waals surface area contributed by atoms with Gasteiger partial charge in [-0.15, -0.1) is 0 Å². The molecule has 0 radical (unpaired) electrons. The number of carbonyl (C=O) groups is 1. The first kappa shape index (κ1) is 57.6. The standard InChI is InChI=1S/C56H86O11S2/c1-3-5-7-9-11-13-15-17-19-21-23-25-27-29-31-68-38-43-50(61)42-37-49(66-56(65)41-35-47(59)53(64)48(60)36-41)54(40-33-45(57)52(63)46(58)34-40)67-55(42)44(51(43)62)39-69-32-30-28-26-24-22-20-18-16-14-12-10-8-6-4-2/h33-36,49,54,57-64H,3-32,37-39H2,1-2H3/t49-,54-/m1/s1. The number of phenols is 8. The number of fused-ring (bicyclic) bond motifs is 1. The third-order valence-electron chi connectivity index (χ3n) is 13.4. The number of benzene rings is 3. The first-order valence-corrected chi connectivity index (χ1v) is 28.9. The third-order valence-corrected chi connectivity index (χ3v) is 15.6. The molecule has 11 nitrogen and oxygen atoms in total. The highest BCUT2D eigenvalue weighted by Crippen LogP contribution is 2.52. The van der Waals surface area contributed by atoms with Crippen molar-refractivity contribution in [2.24, 2.45) is 0 Å². The van der Waals surface area contributed by atoms with E-state index >= 15 is 0 Å². The molecule has 0 amide bonds. The maximum absolute atomic E-state index is 13.6. The van der Waals surface area contributed by atoms with Crippen molar-refractivity contribution in [1.82, 2.24) is 0 Å². The van der Waals surface area contributed by atoms with Crippen molar-refractivity contribution in [1.29, 1.82) is 0 Å². The van der Waals surface area contributed by atoms with E-state index in [2.05, 4.69) is 13.8 Å². The minimum absolute atomic E-state index is 0.0613. The van der Waals surface area contributed by atoms with Gasteiger partial charge in [-0.2, -0.15) is 23.5 Å². The highest BCUT2D eigenvalue weighted by Gasteiger charge is 2.40. The van der Waals surface area contributed by atoms with Gasteiger partial charge < -0.3 is 50.3 Å². The highest BCUT2D eigenvalue weighted by molar-refractivity contribution is 7.98. The third kappa shape index (κ3) is 19.6. The zero-order valence-corrected chi connectivity index (χ0v) is 43.6. The van der Waals surface area contributed by atoms with Crippen LogP contribution in [0.15, 0.2) is 24.3 Å². The summed E-state index contributed by atoms with van der Waals surface area (Å²) in [4.78, 5) is 13.6. The summed E-state index contributed by atoms with van der Waals surface area (Å²) in [5.74, 6) is -2.89. The van der Waals surface area contributed by atoms with E-state index in [0.29, 0.717) is 28.2 Å². The van der Waals surface area contributed by atoms with Crippen LogP contribution in [0.1, 0.15) is 232 Å². The monoisotopic (exact) mass is 999 g/mol. The Kier molecular flexibility index (Phi) is 27.4. The average Bonchev–Trinajstić information content (AvgIpc) is 3.33. The quantitative estimate of drug-likeness (QED) is 0.0154. The topological polar surface area (TPSA) is 197 Å². The number of aromatic hydroxyl groups is 8. The van der Waals surface area contributed by atoms with Crippen molar-refractivity contribution in [2.75, 3.05) is 11.5 Å². The molecular formula is C56H86O11S2. The molecule has 3 aromatic carbocycles. The Morgan fingerprint density at radius 3 is 1.26 bits per heavy atom. The van der Waals surface area contributed by atoms with Crippen molar-refractivity contribution in [3.63, 3.8) is 0 Å². The van der Waals surface area contributed by atoms with Crippen LogP contribution in [-0.2, 0) is 22.7 Å². The molecule has 3 aromatic rings.